The van der Waals surface area contributed by atoms with Gasteiger partial charge in [-0.05, 0) is 32.1 Å². The number of aliphatic hydroxyl groups excluding tert-OH is 2. The van der Waals surface area contributed by atoms with Crippen molar-refractivity contribution in [3.8, 4) is 0 Å². The average molecular weight is 899 g/mol. The molecule has 0 spiro atoms. The second kappa shape index (κ2) is 41.6. The van der Waals surface area contributed by atoms with Gasteiger partial charge in [0.05, 0.1) is 40.0 Å². The highest BCUT2D eigenvalue weighted by Gasteiger charge is 2.27. The van der Waals surface area contributed by atoms with E-state index in [1.54, 1.807) is 18.2 Å². The predicted molar refractivity (Wildman–Crippen MR) is 255 cm³/mol. The van der Waals surface area contributed by atoms with E-state index in [2.05, 4.69) is 13.8 Å². The van der Waals surface area contributed by atoms with E-state index in [9.17, 15) is 29.3 Å². The van der Waals surface area contributed by atoms with Crippen LogP contribution in [0.15, 0.2) is 48.6 Å². The Morgan fingerprint density at radius 1 is 0.565 bits per heavy atom. The lowest BCUT2D eigenvalue weighted by Crippen LogP contribution is -2.37. The summed E-state index contributed by atoms with van der Waals surface area (Å²) >= 11 is 0. The van der Waals surface area contributed by atoms with Gasteiger partial charge >= 0.3 is 19.8 Å². The average Bonchev–Trinajstić information content (AvgIpc) is 3.21. The molecule has 0 saturated heterocycles. The van der Waals surface area contributed by atoms with Crippen molar-refractivity contribution in [2.75, 3.05) is 47.5 Å². The third-order valence-electron chi connectivity index (χ3n) is 10.6. The van der Waals surface area contributed by atoms with Crippen molar-refractivity contribution in [1.82, 2.24) is 0 Å². The fourth-order valence-corrected chi connectivity index (χ4v) is 7.38. The molecule has 0 aromatic rings. The van der Waals surface area contributed by atoms with E-state index >= 15 is 0 Å². The van der Waals surface area contributed by atoms with E-state index in [4.69, 9.17) is 18.5 Å². The number of carbonyl (C=O) groups excluding carboxylic acids is 2. The lowest BCUT2D eigenvalue weighted by Gasteiger charge is -2.24. The number of esters is 2. The molecule has 0 amide bonds. The predicted octanol–water partition coefficient (Wildman–Crippen LogP) is 12.2. The van der Waals surface area contributed by atoms with Gasteiger partial charge in [0.15, 0.2) is 6.10 Å². The highest BCUT2D eigenvalue weighted by Crippen LogP contribution is 2.43. The highest BCUT2D eigenvalue weighted by atomic mass is 31.2. The molecule has 11 nitrogen and oxygen atoms in total. The Morgan fingerprint density at radius 3 is 1.48 bits per heavy atom. The maximum absolute atomic E-state index is 12.7. The molecule has 0 radical (unpaired) electrons. The van der Waals surface area contributed by atoms with Gasteiger partial charge in [0.1, 0.15) is 19.8 Å². The third kappa shape index (κ3) is 44.5. The standard InChI is InChI=1S/C50H92NO10P/c1-6-8-10-11-12-13-14-15-16-17-18-19-20-21-22-23-27-30-34-40-50(55)61-48(45-60-62(56,57)59-43-42-51(3,4)5)44-58-49(54)41-35-39-47(53)38-33-29-26-24-25-28-32-37-46(52)36-31-9-7-2/h25-26,28-29,32-33,37-38,46-48,52-53H,6-24,27,30-31,34-36,39-45H2,1-5H3/p+1/b28-25-,29-26-,37-32+,38-33+/t46-,47-,48+/m0/s1. The first kappa shape index (κ1) is 59.9. The van der Waals surface area contributed by atoms with Gasteiger partial charge < -0.3 is 29.1 Å². The number of phosphoric acid groups is 1. The molecular formula is C50H93NO10P+. The van der Waals surface area contributed by atoms with Gasteiger partial charge in [-0.15, -0.1) is 0 Å². The number of unbranched alkanes of at least 4 members (excludes halogenated alkanes) is 20. The first-order valence-corrected chi connectivity index (χ1v) is 26.1. The molecule has 62 heavy (non-hydrogen) atoms. The summed E-state index contributed by atoms with van der Waals surface area (Å²) in [5.41, 5.74) is 0. The number of hydrogen-bond acceptors (Lipinski definition) is 9. The molecule has 0 aromatic heterocycles. The fraction of sp³-hybridized carbons (Fsp3) is 0.800. The molecule has 362 valence electrons. The number of allylic oxidation sites excluding steroid dienone is 6. The van der Waals surface area contributed by atoms with Crippen molar-refractivity contribution < 1.29 is 52.3 Å². The number of rotatable bonds is 44. The van der Waals surface area contributed by atoms with Crippen LogP contribution in [-0.2, 0) is 32.7 Å². The summed E-state index contributed by atoms with van der Waals surface area (Å²) in [5, 5.41) is 20.2. The number of hydrogen-bond donors (Lipinski definition) is 3. The summed E-state index contributed by atoms with van der Waals surface area (Å²) in [6.45, 7) is 4.08. The van der Waals surface area contributed by atoms with Gasteiger partial charge in [0.2, 0.25) is 0 Å². The molecule has 12 heteroatoms. The van der Waals surface area contributed by atoms with E-state index in [0.717, 1.165) is 44.9 Å². The van der Waals surface area contributed by atoms with Crippen LogP contribution in [0.2, 0.25) is 0 Å². The van der Waals surface area contributed by atoms with Crippen molar-refractivity contribution >= 4 is 19.8 Å². The van der Waals surface area contributed by atoms with Crippen LogP contribution in [0.5, 0.6) is 0 Å². The number of nitrogens with zero attached hydrogens (tertiary/aromatic N) is 1. The molecule has 0 aliphatic heterocycles. The zero-order chi connectivity index (χ0) is 46.0. The Morgan fingerprint density at radius 2 is 1.00 bits per heavy atom. The number of carbonyl (C=O) groups is 2. The zero-order valence-corrected chi connectivity index (χ0v) is 41.0. The number of ether oxygens (including phenoxy) is 2. The minimum Gasteiger partial charge on any atom is -0.462 e. The third-order valence-corrected chi connectivity index (χ3v) is 11.6. The molecule has 3 N–H and O–H groups in total. The molecule has 1 unspecified atom stereocenters. The first-order valence-electron chi connectivity index (χ1n) is 24.6. The Labute approximate surface area is 379 Å². The summed E-state index contributed by atoms with van der Waals surface area (Å²) in [7, 11) is 1.35. The fourth-order valence-electron chi connectivity index (χ4n) is 6.64. The zero-order valence-electron chi connectivity index (χ0n) is 40.1. The monoisotopic (exact) mass is 899 g/mol. The lowest BCUT2D eigenvalue weighted by molar-refractivity contribution is -0.870. The largest absolute Gasteiger partial charge is 0.472 e. The Balaban J connectivity index is 4.48. The molecule has 0 aromatic carbocycles. The smallest absolute Gasteiger partial charge is 0.462 e. The van der Waals surface area contributed by atoms with Gasteiger partial charge in [0, 0.05) is 12.8 Å². The van der Waals surface area contributed by atoms with E-state index in [1.165, 1.54) is 96.3 Å². The van der Waals surface area contributed by atoms with Crippen LogP contribution in [0.25, 0.3) is 0 Å². The topological polar surface area (TPSA) is 149 Å². The summed E-state index contributed by atoms with van der Waals surface area (Å²) in [6.07, 6.45) is 42.3. The lowest BCUT2D eigenvalue weighted by atomic mass is 10.0. The van der Waals surface area contributed by atoms with Crippen LogP contribution in [0.1, 0.15) is 194 Å². The minimum atomic E-state index is -4.43. The molecule has 0 heterocycles. The van der Waals surface area contributed by atoms with Crippen LogP contribution >= 0.6 is 7.82 Å². The summed E-state index contributed by atoms with van der Waals surface area (Å²) in [6, 6.07) is 0. The summed E-state index contributed by atoms with van der Waals surface area (Å²) < 4.78 is 34.2. The Bertz CT molecular complexity index is 1230. The molecule has 0 bridgehead atoms. The van der Waals surface area contributed by atoms with Gasteiger partial charge in [-0.25, -0.2) is 4.57 Å². The molecular weight excluding hydrogens is 806 g/mol. The van der Waals surface area contributed by atoms with E-state index < -0.39 is 44.7 Å². The normalized spacial score (nSPS) is 14.9. The Kier molecular flexibility index (Phi) is 40.2. The molecule has 0 saturated carbocycles. The van der Waals surface area contributed by atoms with Gasteiger partial charge in [0.25, 0.3) is 0 Å². The van der Waals surface area contributed by atoms with Gasteiger partial charge in [-0.3, -0.25) is 18.6 Å². The van der Waals surface area contributed by atoms with Crippen LogP contribution in [0, 0.1) is 0 Å². The molecule has 0 aliphatic carbocycles. The van der Waals surface area contributed by atoms with Crippen LogP contribution < -0.4 is 0 Å². The van der Waals surface area contributed by atoms with Crippen LogP contribution in [0.4, 0.5) is 0 Å². The van der Waals surface area contributed by atoms with E-state index in [-0.39, 0.29) is 26.1 Å². The van der Waals surface area contributed by atoms with Crippen molar-refractivity contribution in [2.45, 2.75) is 212 Å². The Hall–Kier alpha value is -2.11. The van der Waals surface area contributed by atoms with Crippen LogP contribution in [0.3, 0.4) is 0 Å². The van der Waals surface area contributed by atoms with Gasteiger partial charge in [-0.1, -0.05) is 197 Å². The van der Waals surface area contributed by atoms with E-state index in [0.29, 0.717) is 36.7 Å². The first-order chi connectivity index (χ1) is 29.8. The number of phosphoric ester groups is 1. The number of likely N-dealkylation sites (N-methyl/N-ethyl adjacent to an activating group) is 1. The van der Waals surface area contributed by atoms with Gasteiger partial charge in [-0.2, -0.15) is 0 Å². The summed E-state index contributed by atoms with van der Waals surface area (Å²) in [4.78, 5) is 35.5. The highest BCUT2D eigenvalue weighted by molar-refractivity contribution is 7.47. The number of quaternary nitrogens is 1. The van der Waals surface area contributed by atoms with Crippen molar-refractivity contribution in [1.29, 1.82) is 0 Å². The van der Waals surface area contributed by atoms with E-state index in [1.807, 2.05) is 51.5 Å². The van der Waals surface area contributed by atoms with Crippen molar-refractivity contribution in [3.05, 3.63) is 48.6 Å². The van der Waals surface area contributed by atoms with Crippen molar-refractivity contribution in [3.63, 3.8) is 0 Å². The molecule has 4 atom stereocenters. The second-order valence-corrected chi connectivity index (χ2v) is 19.4. The van der Waals surface area contributed by atoms with Crippen molar-refractivity contribution in [2.24, 2.45) is 0 Å². The molecule has 0 fully saturated rings. The maximum Gasteiger partial charge on any atom is 0.472 e. The summed E-state index contributed by atoms with van der Waals surface area (Å²) in [5.74, 6) is -1.02. The SMILES string of the molecule is CCCCCCCCCCCCCCCCCCCCCC(=O)O[C@H](COC(=O)CCC[C@@H](O)/C=C/C=C\C/C=C\C=C\[C@@H](O)CCCCC)COP(=O)(O)OCC[N+](C)(C)C. The van der Waals surface area contributed by atoms with Crippen LogP contribution in [-0.4, -0.2) is 97.3 Å². The molecule has 0 aliphatic rings. The number of aliphatic hydroxyl groups is 2. The maximum atomic E-state index is 12.7. The quantitative estimate of drug-likeness (QED) is 0.0177. The second-order valence-electron chi connectivity index (χ2n) is 17.9. The molecule has 0 rings (SSSR count). The minimum absolute atomic E-state index is 0.00555.